The first kappa shape index (κ1) is 12.1. The number of hydrogen-bond acceptors (Lipinski definition) is 7. The van der Waals surface area contributed by atoms with Crippen LogP contribution in [0.25, 0.3) is 21.9 Å². The molecule has 0 aliphatic carbocycles. The van der Waals surface area contributed by atoms with Gasteiger partial charge in [-0.25, -0.2) is 14.6 Å². The second-order valence-electron chi connectivity index (χ2n) is 4.41. The lowest BCUT2D eigenvalue weighted by Gasteiger charge is -2.05. The summed E-state index contributed by atoms with van der Waals surface area (Å²) >= 11 is 1.49. The summed E-state index contributed by atoms with van der Waals surface area (Å²) in [5.41, 5.74) is 8.51. The van der Waals surface area contributed by atoms with Gasteiger partial charge in [-0.15, -0.1) is 0 Å². The van der Waals surface area contributed by atoms with Gasteiger partial charge in [-0.1, -0.05) is 30.0 Å². The van der Waals surface area contributed by atoms with Gasteiger partial charge in [0.2, 0.25) is 0 Å². The fraction of sp³-hybridized carbons (Fsp3) is 0. The molecule has 2 N–H and O–H groups in total. The zero-order valence-corrected chi connectivity index (χ0v) is 11.5. The van der Waals surface area contributed by atoms with Crippen molar-refractivity contribution in [1.29, 1.82) is 0 Å². The third kappa shape index (κ3) is 1.98. The molecule has 4 aromatic rings. The van der Waals surface area contributed by atoms with Gasteiger partial charge in [-0.3, -0.25) is 0 Å². The van der Waals surface area contributed by atoms with Crippen LogP contribution in [0, 0.1) is 0 Å². The summed E-state index contributed by atoms with van der Waals surface area (Å²) in [5.74, 6) is 0. The normalized spacial score (nSPS) is 11.2. The second-order valence-corrected chi connectivity index (χ2v) is 5.44. The SMILES string of the molecule is Nc1ccc(Sc2ncnc3ccccc23)c2nonc12. The maximum absolute atomic E-state index is 5.86. The first-order chi connectivity index (χ1) is 10.3. The predicted octanol–water partition coefficient (Wildman–Crippen LogP) is 2.90. The molecule has 0 bridgehead atoms. The lowest BCUT2D eigenvalue weighted by molar-refractivity contribution is 0.315. The van der Waals surface area contributed by atoms with Crippen LogP contribution in [0.1, 0.15) is 0 Å². The smallest absolute Gasteiger partial charge is 0.159 e. The van der Waals surface area contributed by atoms with Crippen LogP contribution in [0.3, 0.4) is 0 Å². The molecule has 0 fully saturated rings. The molecule has 2 aromatic heterocycles. The summed E-state index contributed by atoms with van der Waals surface area (Å²) < 4.78 is 4.79. The summed E-state index contributed by atoms with van der Waals surface area (Å²) in [6.45, 7) is 0. The predicted molar refractivity (Wildman–Crippen MR) is 79.9 cm³/mol. The Bertz CT molecular complexity index is 947. The van der Waals surface area contributed by atoms with Crippen LogP contribution in [-0.2, 0) is 0 Å². The van der Waals surface area contributed by atoms with E-state index in [-0.39, 0.29) is 0 Å². The van der Waals surface area contributed by atoms with Crippen molar-refractivity contribution in [2.45, 2.75) is 9.92 Å². The zero-order chi connectivity index (χ0) is 14.2. The Hall–Kier alpha value is -2.67. The van der Waals surface area contributed by atoms with Gasteiger partial charge >= 0.3 is 0 Å². The molecule has 0 spiro atoms. The van der Waals surface area contributed by atoms with Crippen LogP contribution >= 0.6 is 11.8 Å². The first-order valence-corrected chi connectivity index (χ1v) is 7.03. The van der Waals surface area contributed by atoms with Crippen molar-refractivity contribution in [3.63, 3.8) is 0 Å². The summed E-state index contributed by atoms with van der Waals surface area (Å²) in [6.07, 6.45) is 1.56. The van der Waals surface area contributed by atoms with Gasteiger partial charge in [-0.2, -0.15) is 0 Å². The zero-order valence-electron chi connectivity index (χ0n) is 10.7. The van der Waals surface area contributed by atoms with Crippen molar-refractivity contribution in [3.05, 3.63) is 42.7 Å². The highest BCUT2D eigenvalue weighted by atomic mass is 32.2. The van der Waals surface area contributed by atoms with E-state index >= 15 is 0 Å². The Labute approximate surface area is 123 Å². The van der Waals surface area contributed by atoms with E-state index in [1.165, 1.54) is 11.8 Å². The molecule has 0 unspecified atom stereocenters. The topological polar surface area (TPSA) is 90.7 Å². The quantitative estimate of drug-likeness (QED) is 0.449. The minimum atomic E-state index is 0.545. The Kier molecular flexibility index (Phi) is 2.71. The van der Waals surface area contributed by atoms with Crippen LogP contribution in [0.5, 0.6) is 0 Å². The minimum Gasteiger partial charge on any atom is -0.397 e. The number of para-hydroxylation sites is 1. The molecule has 0 atom stereocenters. The van der Waals surface area contributed by atoms with E-state index in [0.717, 1.165) is 20.8 Å². The standard InChI is InChI=1S/C14H9N5OS/c15-9-5-6-11(13-12(9)18-20-19-13)21-14-8-3-1-2-4-10(8)16-7-17-14/h1-7H,15H2. The van der Waals surface area contributed by atoms with Crippen molar-refractivity contribution in [2.75, 3.05) is 5.73 Å². The van der Waals surface area contributed by atoms with Crippen molar-refractivity contribution in [3.8, 4) is 0 Å². The van der Waals surface area contributed by atoms with Gasteiger partial charge in [0.15, 0.2) is 11.0 Å². The number of hydrogen-bond donors (Lipinski definition) is 1. The lowest BCUT2D eigenvalue weighted by atomic mass is 10.2. The van der Waals surface area contributed by atoms with E-state index in [0.29, 0.717) is 16.7 Å². The van der Waals surface area contributed by atoms with Gasteiger partial charge in [0, 0.05) is 10.3 Å². The Morgan fingerprint density at radius 2 is 1.81 bits per heavy atom. The maximum atomic E-state index is 5.86. The third-order valence-corrected chi connectivity index (χ3v) is 4.19. The van der Waals surface area contributed by atoms with E-state index in [1.807, 2.05) is 30.3 Å². The summed E-state index contributed by atoms with van der Waals surface area (Å²) in [7, 11) is 0. The van der Waals surface area contributed by atoms with Gasteiger partial charge in [0.1, 0.15) is 11.4 Å². The molecule has 21 heavy (non-hydrogen) atoms. The van der Waals surface area contributed by atoms with Gasteiger partial charge < -0.3 is 5.73 Å². The molecule has 0 aliphatic heterocycles. The maximum Gasteiger partial charge on any atom is 0.159 e. The molecule has 0 aliphatic rings. The second kappa shape index (κ2) is 4.71. The fourth-order valence-electron chi connectivity index (χ4n) is 2.11. The molecule has 2 aromatic carbocycles. The van der Waals surface area contributed by atoms with Crippen molar-refractivity contribution in [1.82, 2.24) is 20.3 Å². The molecule has 0 radical (unpaired) electrons. The van der Waals surface area contributed by atoms with Crippen LogP contribution in [-0.4, -0.2) is 20.3 Å². The number of fused-ring (bicyclic) bond motifs is 2. The van der Waals surface area contributed by atoms with Crippen molar-refractivity contribution >= 4 is 39.4 Å². The molecule has 0 saturated heterocycles. The highest BCUT2D eigenvalue weighted by Crippen LogP contribution is 2.35. The Balaban J connectivity index is 1.87. The molecule has 0 saturated carbocycles. The number of nitrogens with zero attached hydrogens (tertiary/aromatic N) is 4. The number of aromatic nitrogens is 4. The first-order valence-electron chi connectivity index (χ1n) is 6.21. The Morgan fingerprint density at radius 3 is 2.76 bits per heavy atom. The highest BCUT2D eigenvalue weighted by Gasteiger charge is 2.13. The minimum absolute atomic E-state index is 0.545. The average molecular weight is 295 g/mol. The van der Waals surface area contributed by atoms with Gasteiger partial charge in [0.05, 0.1) is 11.2 Å². The van der Waals surface area contributed by atoms with Crippen molar-refractivity contribution in [2.24, 2.45) is 0 Å². The van der Waals surface area contributed by atoms with Gasteiger partial charge in [-0.05, 0) is 28.5 Å². The lowest BCUT2D eigenvalue weighted by Crippen LogP contribution is -1.89. The number of nitrogen functional groups attached to an aromatic ring is 1. The molecular weight excluding hydrogens is 286 g/mol. The van der Waals surface area contributed by atoms with Crippen LogP contribution in [0.2, 0.25) is 0 Å². The highest BCUT2D eigenvalue weighted by molar-refractivity contribution is 7.99. The molecular formula is C14H9N5OS. The largest absolute Gasteiger partial charge is 0.397 e. The van der Waals surface area contributed by atoms with Gasteiger partial charge in [0.25, 0.3) is 0 Å². The molecule has 6 nitrogen and oxygen atoms in total. The van der Waals surface area contributed by atoms with E-state index in [2.05, 4.69) is 20.3 Å². The van der Waals surface area contributed by atoms with E-state index < -0.39 is 0 Å². The number of rotatable bonds is 2. The summed E-state index contributed by atoms with van der Waals surface area (Å²) in [4.78, 5) is 9.51. The number of benzene rings is 2. The molecule has 0 amide bonds. The number of anilines is 1. The molecule has 102 valence electrons. The van der Waals surface area contributed by atoms with Crippen molar-refractivity contribution < 1.29 is 4.63 Å². The van der Waals surface area contributed by atoms with E-state index in [9.17, 15) is 0 Å². The molecule has 7 heteroatoms. The third-order valence-electron chi connectivity index (χ3n) is 3.12. The summed E-state index contributed by atoms with van der Waals surface area (Å²) in [6, 6.07) is 11.5. The summed E-state index contributed by atoms with van der Waals surface area (Å²) in [5, 5.41) is 9.60. The Morgan fingerprint density at radius 1 is 0.952 bits per heavy atom. The molecule has 2 heterocycles. The van der Waals surface area contributed by atoms with Crippen LogP contribution in [0.15, 0.2) is 57.3 Å². The molecule has 4 rings (SSSR count). The van der Waals surface area contributed by atoms with Crippen LogP contribution in [0.4, 0.5) is 5.69 Å². The van der Waals surface area contributed by atoms with E-state index in [1.54, 1.807) is 12.4 Å². The fourth-order valence-corrected chi connectivity index (χ4v) is 3.07. The van der Waals surface area contributed by atoms with Crippen LogP contribution < -0.4 is 5.73 Å². The van der Waals surface area contributed by atoms with E-state index in [4.69, 9.17) is 10.4 Å². The monoisotopic (exact) mass is 295 g/mol. The number of nitrogens with two attached hydrogens (primary N) is 1. The average Bonchev–Trinajstić information content (AvgIpc) is 3.01.